The third kappa shape index (κ3) is 4.99. The monoisotopic (exact) mass is 165 g/mol. The van der Waals surface area contributed by atoms with Crippen LogP contribution in [0.5, 0.6) is 0 Å². The van der Waals surface area contributed by atoms with Crippen LogP contribution in [0.3, 0.4) is 0 Å². The highest BCUT2D eigenvalue weighted by atomic mass is 16.2. The first-order valence-electron chi connectivity index (χ1n) is 3.23. The van der Waals surface area contributed by atoms with E-state index in [9.17, 15) is 0 Å². The molecule has 0 spiro atoms. The maximum absolute atomic E-state index is 8.23. The molecule has 0 aliphatic rings. The molecule has 0 bridgehead atoms. The van der Waals surface area contributed by atoms with Crippen LogP contribution >= 0.6 is 0 Å². The average molecular weight is 165 g/mol. The van der Waals surface area contributed by atoms with Gasteiger partial charge in [0, 0.05) is 0 Å². The van der Waals surface area contributed by atoms with E-state index in [0.717, 1.165) is 6.26 Å². The van der Waals surface area contributed by atoms with Crippen LogP contribution in [0.1, 0.15) is 0 Å². The Labute approximate surface area is 71.3 Å². The third-order valence-corrected chi connectivity index (χ3v) is 0.872. The second-order valence-electron chi connectivity index (χ2n) is 1.68. The summed E-state index contributed by atoms with van der Waals surface area (Å²) in [6.45, 7) is 6.79. The molecule has 0 heterocycles. The van der Waals surface area contributed by atoms with Crippen LogP contribution in [-0.2, 0) is 0 Å². The van der Waals surface area contributed by atoms with Gasteiger partial charge in [-0.15, -0.1) is 0 Å². The van der Waals surface area contributed by atoms with Gasteiger partial charge in [0.1, 0.15) is 5.82 Å². The van der Waals surface area contributed by atoms with E-state index in [1.807, 2.05) is 0 Å². The fraction of sp³-hybridized carbons (Fsp3) is 0. The zero-order valence-corrected chi connectivity index (χ0v) is 6.64. The summed E-state index contributed by atoms with van der Waals surface area (Å²) in [5.74, 6) is 0.493. The number of allylic oxidation sites excluding steroid dienone is 3. The molecule has 0 rings (SSSR count). The minimum Gasteiger partial charge on any atom is -0.516 e. The number of nitrogens with zero attached hydrogens (tertiary/aromatic N) is 2. The number of rotatable bonds is 5. The molecule has 0 fully saturated rings. The van der Waals surface area contributed by atoms with E-state index in [4.69, 9.17) is 5.11 Å². The van der Waals surface area contributed by atoms with Gasteiger partial charge in [-0.25, -0.2) is 4.99 Å². The van der Waals surface area contributed by atoms with Gasteiger partial charge in [0.25, 0.3) is 0 Å². The van der Waals surface area contributed by atoms with Crippen molar-refractivity contribution in [2.45, 2.75) is 0 Å². The number of hydrogen-bond acceptors (Lipinski definition) is 4. The van der Waals surface area contributed by atoms with Gasteiger partial charge in [-0.05, 0) is 18.9 Å². The third-order valence-electron chi connectivity index (χ3n) is 0.872. The number of nitrogens with one attached hydrogen (secondary N) is 1. The molecule has 0 radical (unpaired) electrons. The van der Waals surface area contributed by atoms with Crippen molar-refractivity contribution in [2.24, 2.45) is 10.1 Å². The summed E-state index contributed by atoms with van der Waals surface area (Å²) in [6.07, 6.45) is 6.80. The van der Waals surface area contributed by atoms with E-state index in [2.05, 4.69) is 28.8 Å². The molecule has 0 saturated carbocycles. The van der Waals surface area contributed by atoms with E-state index in [1.54, 1.807) is 12.2 Å². The largest absolute Gasteiger partial charge is 0.516 e. The van der Waals surface area contributed by atoms with Crippen LogP contribution in [0.15, 0.2) is 47.0 Å². The van der Waals surface area contributed by atoms with Crippen molar-refractivity contribution in [1.29, 1.82) is 0 Å². The molecule has 0 aromatic heterocycles. The zero-order valence-electron chi connectivity index (χ0n) is 6.64. The first-order chi connectivity index (χ1) is 5.85. The van der Waals surface area contributed by atoms with Crippen molar-refractivity contribution >= 4 is 12.9 Å². The Hall–Kier alpha value is -1.84. The lowest BCUT2D eigenvalue weighted by Crippen LogP contribution is -2.01. The Morgan fingerprint density at radius 2 is 2.25 bits per heavy atom. The summed E-state index contributed by atoms with van der Waals surface area (Å²) >= 11 is 0. The number of aliphatic hydroxyl groups is 1. The van der Waals surface area contributed by atoms with Gasteiger partial charge in [0.05, 0.1) is 12.5 Å². The topological polar surface area (TPSA) is 57.0 Å². The van der Waals surface area contributed by atoms with Crippen LogP contribution in [0.25, 0.3) is 0 Å². The molecule has 4 nitrogen and oxygen atoms in total. The molecule has 2 N–H and O–H groups in total. The molecular weight excluding hydrogens is 154 g/mol. The average Bonchev–Trinajstić information content (AvgIpc) is 2.10. The summed E-state index contributed by atoms with van der Waals surface area (Å²) in [6, 6.07) is 0. The van der Waals surface area contributed by atoms with E-state index in [-0.39, 0.29) is 0 Å². The van der Waals surface area contributed by atoms with E-state index in [0.29, 0.717) is 5.82 Å². The van der Waals surface area contributed by atoms with Crippen LogP contribution in [-0.4, -0.2) is 18.0 Å². The molecule has 0 unspecified atom stereocenters. The Morgan fingerprint density at radius 3 is 2.75 bits per heavy atom. The van der Waals surface area contributed by atoms with Crippen molar-refractivity contribution in [3.8, 4) is 0 Å². The smallest absolute Gasteiger partial charge is 0.145 e. The molecule has 12 heavy (non-hydrogen) atoms. The lowest BCUT2D eigenvalue weighted by atomic mass is 10.5. The van der Waals surface area contributed by atoms with Crippen molar-refractivity contribution in [1.82, 2.24) is 5.43 Å². The number of hydrogen-bond donors (Lipinski definition) is 2. The lowest BCUT2D eigenvalue weighted by molar-refractivity contribution is 0.474. The Balaban J connectivity index is 3.96. The first kappa shape index (κ1) is 10.2. The van der Waals surface area contributed by atoms with Crippen molar-refractivity contribution in [3.63, 3.8) is 0 Å². The maximum Gasteiger partial charge on any atom is 0.145 e. The van der Waals surface area contributed by atoms with Crippen molar-refractivity contribution in [2.75, 3.05) is 0 Å². The van der Waals surface area contributed by atoms with Crippen molar-refractivity contribution in [3.05, 3.63) is 36.9 Å². The van der Waals surface area contributed by atoms with Gasteiger partial charge < -0.3 is 5.11 Å². The fourth-order valence-electron chi connectivity index (χ4n) is 0.422. The fourth-order valence-corrected chi connectivity index (χ4v) is 0.422. The minimum atomic E-state index is 0.493. The van der Waals surface area contributed by atoms with Gasteiger partial charge in [-0.2, -0.15) is 5.10 Å². The molecule has 0 amide bonds. The number of hydrazone groups is 1. The normalized spacial score (nSPS) is 12.2. The van der Waals surface area contributed by atoms with Gasteiger partial charge in [-0.3, -0.25) is 5.43 Å². The summed E-state index contributed by atoms with van der Waals surface area (Å²) in [4.78, 5) is 3.60. The Morgan fingerprint density at radius 1 is 1.50 bits per heavy atom. The predicted molar refractivity (Wildman–Crippen MR) is 51.2 cm³/mol. The molecule has 0 atom stereocenters. The van der Waals surface area contributed by atoms with Crippen LogP contribution in [0.4, 0.5) is 0 Å². The van der Waals surface area contributed by atoms with Gasteiger partial charge in [0.15, 0.2) is 0 Å². The van der Waals surface area contributed by atoms with E-state index >= 15 is 0 Å². The molecule has 0 aliphatic carbocycles. The molecule has 4 heteroatoms. The summed E-state index contributed by atoms with van der Waals surface area (Å²) in [7, 11) is 0. The Bertz CT molecular complexity index is 228. The first-order valence-corrected chi connectivity index (χ1v) is 3.23. The molecule has 0 aromatic carbocycles. The maximum atomic E-state index is 8.23. The predicted octanol–water partition coefficient (Wildman–Crippen LogP) is 1.36. The van der Waals surface area contributed by atoms with Gasteiger partial charge >= 0.3 is 0 Å². The number of aliphatic imine (C=N–C) groups is 1. The highest BCUT2D eigenvalue weighted by Crippen LogP contribution is 1.88. The molecule has 0 saturated heterocycles. The number of aliphatic hydroxyl groups excluding tert-OH is 1. The molecule has 0 aliphatic heterocycles. The van der Waals surface area contributed by atoms with Crippen LogP contribution in [0, 0.1) is 0 Å². The summed E-state index contributed by atoms with van der Waals surface area (Å²) < 4.78 is 0. The Kier molecular flexibility index (Phi) is 6.15. The standard InChI is InChI=1S/C8H11N3O/c1-3-5-8(9-2)11-10-6-4-7-12/h3-7,11-12H,1-2H2/b7-4+,8-5+,10-6-. The second-order valence-corrected chi connectivity index (χ2v) is 1.68. The quantitative estimate of drug-likeness (QED) is 0.280. The van der Waals surface area contributed by atoms with Crippen molar-refractivity contribution < 1.29 is 5.11 Å². The molecule has 0 aromatic rings. The molecule has 64 valence electrons. The van der Waals surface area contributed by atoms with Gasteiger partial charge in [0.2, 0.25) is 0 Å². The highest BCUT2D eigenvalue weighted by Gasteiger charge is 1.82. The second kappa shape index (κ2) is 7.27. The van der Waals surface area contributed by atoms with Crippen LogP contribution in [0.2, 0.25) is 0 Å². The zero-order chi connectivity index (χ0) is 9.23. The van der Waals surface area contributed by atoms with E-state index in [1.165, 1.54) is 12.3 Å². The minimum absolute atomic E-state index is 0.493. The van der Waals surface area contributed by atoms with Gasteiger partial charge in [-0.1, -0.05) is 12.7 Å². The lowest BCUT2D eigenvalue weighted by Gasteiger charge is -1.95. The summed E-state index contributed by atoms with van der Waals surface area (Å²) in [5, 5.41) is 11.9. The molecular formula is C8H11N3O. The highest BCUT2D eigenvalue weighted by molar-refractivity contribution is 5.70. The SMILES string of the molecule is C=C/C=C(\N=C)N/N=C\C=C\O. The van der Waals surface area contributed by atoms with E-state index < -0.39 is 0 Å². The van der Waals surface area contributed by atoms with Crippen LogP contribution < -0.4 is 5.43 Å². The summed E-state index contributed by atoms with van der Waals surface area (Å²) in [5.41, 5.74) is 2.57.